The number of aryl methyl sites for hydroxylation is 2. The molecule has 9 nitrogen and oxygen atoms in total. The number of aromatic nitrogens is 4. The molecule has 1 amide bonds. The maximum absolute atomic E-state index is 12.5. The van der Waals surface area contributed by atoms with E-state index in [1.807, 2.05) is 101 Å². The molecule has 1 atom stereocenters. The van der Waals surface area contributed by atoms with Crippen molar-refractivity contribution in [2.75, 3.05) is 26.0 Å². The molecule has 1 N–H and O–H groups in total. The van der Waals surface area contributed by atoms with Gasteiger partial charge >= 0.3 is 6.09 Å². The third-order valence-corrected chi connectivity index (χ3v) is 6.21. The highest BCUT2D eigenvalue weighted by atomic mass is 16.6. The molecule has 0 spiro atoms. The fraction of sp³-hybridized carbons (Fsp3) is 0.379. The Bertz CT molecular complexity index is 1410. The van der Waals surface area contributed by atoms with Crippen molar-refractivity contribution in [1.29, 1.82) is 0 Å². The van der Waals surface area contributed by atoms with Crippen molar-refractivity contribution in [2.24, 2.45) is 0 Å². The van der Waals surface area contributed by atoms with Gasteiger partial charge in [0.25, 0.3) is 0 Å². The summed E-state index contributed by atoms with van der Waals surface area (Å²) in [5, 5.41) is 17.5. The largest absolute Gasteiger partial charge is 0.483 e. The number of nitrogens with one attached hydrogen (secondary N) is 1. The summed E-state index contributed by atoms with van der Waals surface area (Å²) in [6, 6.07) is 17.9. The number of hydrogen-bond acceptors (Lipinski definition) is 7. The summed E-state index contributed by atoms with van der Waals surface area (Å²) in [5.74, 6) is 1.31. The normalized spacial score (nSPS) is 12.3. The van der Waals surface area contributed by atoms with Crippen LogP contribution in [0, 0.1) is 13.8 Å². The van der Waals surface area contributed by atoms with E-state index in [4.69, 9.17) is 14.6 Å². The summed E-state index contributed by atoms with van der Waals surface area (Å²) in [5.41, 5.74) is 3.79. The number of carbonyl (C=O) groups is 1. The molecule has 0 saturated carbocycles. The molecule has 0 bridgehead atoms. The Labute approximate surface area is 223 Å². The van der Waals surface area contributed by atoms with Gasteiger partial charge in [-0.25, -0.2) is 9.48 Å². The first-order valence-corrected chi connectivity index (χ1v) is 12.7. The van der Waals surface area contributed by atoms with Crippen molar-refractivity contribution in [1.82, 2.24) is 24.9 Å². The SMILES string of the molecule is CNc1nnc(C)c2c(C)n(-c3ccccc3OC(CCN(C)C(=O)OC(C)(C)C)c3ccccc3)nc12. The number of carbonyl (C=O) groups excluding carboxylic acids is 1. The molecule has 9 heteroatoms. The van der Waals surface area contributed by atoms with Gasteiger partial charge in [-0.2, -0.15) is 10.2 Å². The van der Waals surface area contributed by atoms with Crippen LogP contribution in [0.25, 0.3) is 16.6 Å². The van der Waals surface area contributed by atoms with Crippen LogP contribution >= 0.6 is 0 Å². The van der Waals surface area contributed by atoms with E-state index in [2.05, 4.69) is 15.5 Å². The molecule has 2 aromatic heterocycles. The molecule has 0 saturated heterocycles. The van der Waals surface area contributed by atoms with Crippen LogP contribution in [0.1, 0.15) is 50.2 Å². The number of benzene rings is 2. The van der Waals surface area contributed by atoms with E-state index in [1.165, 1.54) is 0 Å². The average Bonchev–Trinajstić information content (AvgIpc) is 3.24. The second-order valence-electron chi connectivity index (χ2n) is 10.3. The van der Waals surface area contributed by atoms with Gasteiger partial charge in [-0.15, -0.1) is 5.10 Å². The maximum Gasteiger partial charge on any atom is 0.410 e. The lowest BCUT2D eigenvalue weighted by Crippen LogP contribution is -2.35. The zero-order chi connectivity index (χ0) is 27.4. The Morgan fingerprint density at radius 3 is 2.42 bits per heavy atom. The van der Waals surface area contributed by atoms with Gasteiger partial charge in [-0.1, -0.05) is 42.5 Å². The number of para-hydroxylation sites is 2. The smallest absolute Gasteiger partial charge is 0.410 e. The van der Waals surface area contributed by atoms with E-state index in [1.54, 1.807) is 11.9 Å². The second-order valence-corrected chi connectivity index (χ2v) is 10.3. The summed E-state index contributed by atoms with van der Waals surface area (Å²) in [4.78, 5) is 14.1. The summed E-state index contributed by atoms with van der Waals surface area (Å²) in [7, 11) is 3.55. The third kappa shape index (κ3) is 5.88. The van der Waals surface area contributed by atoms with Gasteiger partial charge in [0.2, 0.25) is 0 Å². The highest BCUT2D eigenvalue weighted by Crippen LogP contribution is 2.33. The number of hydrogen-bond donors (Lipinski definition) is 1. The summed E-state index contributed by atoms with van der Waals surface area (Å²) in [6.45, 7) is 10.00. The summed E-state index contributed by atoms with van der Waals surface area (Å²) < 4.78 is 14.1. The van der Waals surface area contributed by atoms with Crippen molar-refractivity contribution in [3.63, 3.8) is 0 Å². The van der Waals surface area contributed by atoms with Crippen LogP contribution in [0.2, 0.25) is 0 Å². The summed E-state index contributed by atoms with van der Waals surface area (Å²) >= 11 is 0. The van der Waals surface area contributed by atoms with Gasteiger partial charge in [0.15, 0.2) is 5.82 Å². The second kappa shape index (κ2) is 11.1. The molecular weight excluding hydrogens is 480 g/mol. The number of fused-ring (bicyclic) bond motifs is 1. The molecule has 1 unspecified atom stereocenters. The number of rotatable bonds is 8. The van der Waals surface area contributed by atoms with E-state index in [9.17, 15) is 4.79 Å². The van der Waals surface area contributed by atoms with E-state index in [0.29, 0.717) is 24.5 Å². The van der Waals surface area contributed by atoms with Crippen molar-refractivity contribution in [3.8, 4) is 11.4 Å². The molecule has 0 aliphatic heterocycles. The predicted octanol–water partition coefficient (Wildman–Crippen LogP) is 5.85. The van der Waals surface area contributed by atoms with Crippen LogP contribution in [0.4, 0.5) is 10.6 Å². The van der Waals surface area contributed by atoms with E-state index < -0.39 is 5.60 Å². The van der Waals surface area contributed by atoms with Crippen LogP contribution in [0.3, 0.4) is 0 Å². The Balaban J connectivity index is 1.67. The standard InChI is InChI=1S/C29H36N6O3/c1-19-25-20(2)35(33-26(25)27(30-6)32-31-19)22-15-11-12-16-24(22)37-23(21-13-9-8-10-14-21)17-18-34(7)28(36)38-29(3,4)5/h8-16,23H,17-18H2,1-7H3,(H,30,32). The number of amides is 1. The first-order valence-electron chi connectivity index (χ1n) is 12.7. The molecule has 4 rings (SSSR count). The molecule has 0 fully saturated rings. The van der Waals surface area contributed by atoms with E-state index in [-0.39, 0.29) is 12.2 Å². The molecule has 2 aromatic carbocycles. The Hall–Kier alpha value is -4.14. The molecule has 38 heavy (non-hydrogen) atoms. The average molecular weight is 517 g/mol. The summed E-state index contributed by atoms with van der Waals surface area (Å²) in [6.07, 6.45) is -0.0858. The van der Waals surface area contributed by atoms with Crippen molar-refractivity contribution in [3.05, 3.63) is 71.5 Å². The van der Waals surface area contributed by atoms with Crippen molar-refractivity contribution >= 4 is 22.8 Å². The van der Waals surface area contributed by atoms with E-state index >= 15 is 0 Å². The lowest BCUT2D eigenvalue weighted by Gasteiger charge is -2.27. The topological polar surface area (TPSA) is 94.4 Å². The molecule has 0 aliphatic rings. The highest BCUT2D eigenvalue weighted by Gasteiger charge is 2.23. The van der Waals surface area contributed by atoms with Gasteiger partial charge in [-0.3, -0.25) is 0 Å². The number of anilines is 1. The van der Waals surface area contributed by atoms with Gasteiger partial charge in [0.05, 0.1) is 16.8 Å². The van der Waals surface area contributed by atoms with Crippen LogP contribution in [0.5, 0.6) is 5.75 Å². The van der Waals surface area contributed by atoms with Gasteiger partial charge in [0, 0.05) is 27.1 Å². The van der Waals surface area contributed by atoms with Crippen molar-refractivity contribution in [2.45, 2.75) is 52.7 Å². The lowest BCUT2D eigenvalue weighted by atomic mass is 10.1. The molecule has 4 aromatic rings. The first-order chi connectivity index (χ1) is 18.1. The van der Waals surface area contributed by atoms with E-state index in [0.717, 1.165) is 33.5 Å². The van der Waals surface area contributed by atoms with Crippen molar-refractivity contribution < 1.29 is 14.3 Å². The van der Waals surface area contributed by atoms with Gasteiger partial charge in [0.1, 0.15) is 28.7 Å². The number of ether oxygens (including phenoxy) is 2. The Kier molecular flexibility index (Phi) is 7.85. The predicted molar refractivity (Wildman–Crippen MR) is 149 cm³/mol. The molecule has 0 aliphatic carbocycles. The lowest BCUT2D eigenvalue weighted by molar-refractivity contribution is 0.0278. The zero-order valence-corrected chi connectivity index (χ0v) is 23.1. The third-order valence-electron chi connectivity index (χ3n) is 6.21. The monoisotopic (exact) mass is 516 g/mol. The molecule has 0 radical (unpaired) electrons. The maximum atomic E-state index is 12.5. The highest BCUT2D eigenvalue weighted by molar-refractivity contribution is 5.92. The minimum atomic E-state index is -0.554. The minimum Gasteiger partial charge on any atom is -0.483 e. The van der Waals surface area contributed by atoms with Crippen LogP contribution < -0.4 is 10.1 Å². The first kappa shape index (κ1) is 26.9. The fourth-order valence-electron chi connectivity index (χ4n) is 4.31. The fourth-order valence-corrected chi connectivity index (χ4v) is 4.31. The minimum absolute atomic E-state index is 0.300. The van der Waals surface area contributed by atoms with Gasteiger partial charge < -0.3 is 19.7 Å². The zero-order valence-electron chi connectivity index (χ0n) is 23.1. The Morgan fingerprint density at radius 1 is 1.05 bits per heavy atom. The quantitative estimate of drug-likeness (QED) is 0.314. The molecular formula is C29H36N6O3. The van der Waals surface area contributed by atoms with Gasteiger partial charge in [-0.05, 0) is 52.3 Å². The molecule has 2 heterocycles. The van der Waals surface area contributed by atoms with Crippen LogP contribution in [-0.2, 0) is 4.74 Å². The van der Waals surface area contributed by atoms with Crippen LogP contribution in [-0.4, -0.2) is 57.2 Å². The Morgan fingerprint density at radius 2 is 1.74 bits per heavy atom. The number of nitrogens with zero attached hydrogens (tertiary/aromatic N) is 5. The molecule has 200 valence electrons. The van der Waals surface area contributed by atoms with Crippen LogP contribution in [0.15, 0.2) is 54.6 Å².